The van der Waals surface area contributed by atoms with Gasteiger partial charge in [-0.1, -0.05) is 25.7 Å². The van der Waals surface area contributed by atoms with Gasteiger partial charge < -0.3 is 23.2 Å². The fourth-order valence-electron chi connectivity index (χ4n) is 3.55. The standard InChI is InChI=1S/C23H53NO4Si2/c1-8-27-29(4,5)22-14-10-12-18-25-20-16-24(3)17-21-26-19-13-11-15-23-30(6,7)28-9-2/h8-23H2,1-7H3. The van der Waals surface area contributed by atoms with Crippen LogP contribution in [-0.4, -0.2) is 81.3 Å². The van der Waals surface area contributed by atoms with Crippen molar-refractivity contribution >= 4 is 16.6 Å². The maximum absolute atomic E-state index is 5.87. The Labute approximate surface area is 190 Å². The van der Waals surface area contributed by atoms with E-state index in [2.05, 4.69) is 52.0 Å². The maximum atomic E-state index is 5.87. The summed E-state index contributed by atoms with van der Waals surface area (Å²) in [7, 11) is -0.640. The second-order valence-electron chi connectivity index (χ2n) is 9.53. The summed E-state index contributed by atoms with van der Waals surface area (Å²) in [5.74, 6) is 0. The monoisotopic (exact) mass is 463 g/mol. The Kier molecular flexibility index (Phi) is 18.9. The summed E-state index contributed by atoms with van der Waals surface area (Å²) in [4.78, 5) is 2.30. The van der Waals surface area contributed by atoms with E-state index in [0.29, 0.717) is 0 Å². The second-order valence-corrected chi connectivity index (χ2v) is 18.2. The Morgan fingerprint density at radius 3 is 1.33 bits per heavy atom. The normalized spacial score (nSPS) is 12.8. The van der Waals surface area contributed by atoms with Gasteiger partial charge in [-0.2, -0.15) is 0 Å². The molecule has 0 aromatic heterocycles. The number of ether oxygens (including phenoxy) is 2. The van der Waals surface area contributed by atoms with E-state index < -0.39 is 16.6 Å². The van der Waals surface area contributed by atoms with Gasteiger partial charge in [0.2, 0.25) is 0 Å². The quantitative estimate of drug-likeness (QED) is 0.150. The molecule has 0 aromatic carbocycles. The van der Waals surface area contributed by atoms with Crippen LogP contribution in [0.15, 0.2) is 0 Å². The molecular weight excluding hydrogens is 410 g/mol. The molecule has 0 spiro atoms. The van der Waals surface area contributed by atoms with Crippen LogP contribution in [0.4, 0.5) is 0 Å². The molecular formula is C23H53NO4Si2. The van der Waals surface area contributed by atoms with Crippen LogP contribution in [-0.2, 0) is 18.3 Å². The van der Waals surface area contributed by atoms with Crippen molar-refractivity contribution in [3.05, 3.63) is 0 Å². The van der Waals surface area contributed by atoms with Crippen molar-refractivity contribution < 1.29 is 18.3 Å². The van der Waals surface area contributed by atoms with Gasteiger partial charge >= 0.3 is 0 Å². The molecule has 182 valence electrons. The van der Waals surface area contributed by atoms with E-state index in [1.807, 2.05) is 0 Å². The molecule has 0 aliphatic heterocycles. The fourth-order valence-corrected chi connectivity index (χ4v) is 7.60. The zero-order chi connectivity index (χ0) is 22.7. The average Bonchev–Trinajstić information content (AvgIpc) is 2.65. The van der Waals surface area contributed by atoms with Crippen molar-refractivity contribution in [2.24, 2.45) is 0 Å². The minimum atomic E-state index is -1.39. The molecule has 0 saturated carbocycles. The topological polar surface area (TPSA) is 40.2 Å². The van der Waals surface area contributed by atoms with Gasteiger partial charge in [-0.3, -0.25) is 0 Å². The van der Waals surface area contributed by atoms with E-state index >= 15 is 0 Å². The Bertz CT molecular complexity index is 350. The van der Waals surface area contributed by atoms with E-state index in [9.17, 15) is 0 Å². The summed E-state index contributed by atoms with van der Waals surface area (Å²) < 4.78 is 23.3. The van der Waals surface area contributed by atoms with Gasteiger partial charge in [0.25, 0.3) is 0 Å². The van der Waals surface area contributed by atoms with Crippen molar-refractivity contribution in [1.82, 2.24) is 4.90 Å². The van der Waals surface area contributed by atoms with Gasteiger partial charge in [-0.15, -0.1) is 0 Å². The third-order valence-corrected chi connectivity index (χ3v) is 10.7. The number of hydrogen-bond acceptors (Lipinski definition) is 5. The maximum Gasteiger partial charge on any atom is 0.186 e. The number of unbranched alkanes of at least 4 members (excludes halogenated alkanes) is 4. The van der Waals surface area contributed by atoms with Gasteiger partial charge in [0.15, 0.2) is 16.6 Å². The Balaban J connectivity index is 3.37. The lowest BCUT2D eigenvalue weighted by Crippen LogP contribution is -2.29. The van der Waals surface area contributed by atoms with Gasteiger partial charge in [-0.05, 0) is 72.0 Å². The molecule has 0 saturated heterocycles. The summed E-state index contributed by atoms with van der Waals surface area (Å²) in [5.41, 5.74) is 0. The van der Waals surface area contributed by atoms with E-state index in [0.717, 1.165) is 65.6 Å². The largest absolute Gasteiger partial charge is 0.418 e. The molecule has 0 fully saturated rings. The van der Waals surface area contributed by atoms with Gasteiger partial charge in [0, 0.05) is 39.5 Å². The van der Waals surface area contributed by atoms with E-state index in [-0.39, 0.29) is 0 Å². The first-order valence-corrected chi connectivity index (χ1v) is 18.6. The van der Waals surface area contributed by atoms with E-state index in [4.69, 9.17) is 18.3 Å². The molecule has 0 aliphatic carbocycles. The Morgan fingerprint density at radius 2 is 0.967 bits per heavy atom. The van der Waals surface area contributed by atoms with Crippen LogP contribution in [0.25, 0.3) is 0 Å². The third kappa shape index (κ3) is 20.2. The van der Waals surface area contributed by atoms with Crippen molar-refractivity contribution in [3.8, 4) is 0 Å². The molecule has 0 bridgehead atoms. The number of rotatable bonds is 22. The molecule has 0 radical (unpaired) electrons. The molecule has 0 amide bonds. The summed E-state index contributed by atoms with van der Waals surface area (Å²) in [6, 6.07) is 2.52. The van der Waals surface area contributed by atoms with Crippen LogP contribution in [0, 0.1) is 0 Å². The van der Waals surface area contributed by atoms with Crippen molar-refractivity contribution in [2.45, 2.75) is 90.6 Å². The summed E-state index contributed by atoms with van der Waals surface area (Å²) in [6.07, 6.45) is 7.36. The Hall–Kier alpha value is 0.234. The first-order chi connectivity index (χ1) is 14.2. The van der Waals surface area contributed by atoms with Gasteiger partial charge in [0.05, 0.1) is 13.2 Å². The van der Waals surface area contributed by atoms with Crippen LogP contribution in [0.1, 0.15) is 52.4 Å². The van der Waals surface area contributed by atoms with Gasteiger partial charge in [-0.25, -0.2) is 0 Å². The lowest BCUT2D eigenvalue weighted by Gasteiger charge is -2.21. The minimum Gasteiger partial charge on any atom is -0.418 e. The van der Waals surface area contributed by atoms with Crippen LogP contribution in [0.3, 0.4) is 0 Å². The van der Waals surface area contributed by atoms with E-state index in [1.54, 1.807) is 0 Å². The summed E-state index contributed by atoms with van der Waals surface area (Å²) in [5, 5.41) is 0. The van der Waals surface area contributed by atoms with Crippen LogP contribution in [0.5, 0.6) is 0 Å². The molecule has 7 heteroatoms. The first kappa shape index (κ1) is 30.2. The highest BCUT2D eigenvalue weighted by molar-refractivity contribution is 6.71. The molecule has 30 heavy (non-hydrogen) atoms. The lowest BCUT2D eigenvalue weighted by molar-refractivity contribution is 0.0816. The van der Waals surface area contributed by atoms with Crippen LogP contribution < -0.4 is 0 Å². The smallest absolute Gasteiger partial charge is 0.186 e. The first-order valence-electron chi connectivity index (χ1n) is 12.3. The number of nitrogens with zero attached hydrogens (tertiary/aromatic N) is 1. The van der Waals surface area contributed by atoms with E-state index in [1.165, 1.54) is 37.8 Å². The molecule has 0 aromatic rings. The molecule has 0 rings (SSSR count). The summed E-state index contributed by atoms with van der Waals surface area (Å²) in [6.45, 7) is 20.5. The highest BCUT2D eigenvalue weighted by atomic mass is 28.4. The van der Waals surface area contributed by atoms with Crippen molar-refractivity contribution in [3.63, 3.8) is 0 Å². The molecule has 0 atom stereocenters. The molecule has 0 unspecified atom stereocenters. The van der Waals surface area contributed by atoms with Crippen LogP contribution >= 0.6 is 0 Å². The SMILES string of the molecule is CCO[Si](C)(C)CCCCCOCCN(C)CCOCCCCC[Si](C)(C)OCC. The lowest BCUT2D eigenvalue weighted by atomic mass is 10.3. The van der Waals surface area contributed by atoms with Crippen LogP contribution in [0.2, 0.25) is 38.3 Å². The van der Waals surface area contributed by atoms with Gasteiger partial charge in [0.1, 0.15) is 0 Å². The second kappa shape index (κ2) is 18.8. The molecule has 0 aliphatic rings. The van der Waals surface area contributed by atoms with Crippen molar-refractivity contribution in [2.75, 3.05) is 59.8 Å². The predicted octanol–water partition coefficient (Wildman–Crippen LogP) is 5.78. The number of hydrogen-bond donors (Lipinski definition) is 0. The fraction of sp³-hybridized carbons (Fsp3) is 1.00. The third-order valence-electron chi connectivity index (χ3n) is 5.44. The molecule has 5 nitrogen and oxygen atoms in total. The highest BCUT2D eigenvalue weighted by Crippen LogP contribution is 2.16. The molecule has 0 N–H and O–H groups in total. The zero-order valence-corrected chi connectivity index (χ0v) is 23.4. The summed E-state index contributed by atoms with van der Waals surface area (Å²) >= 11 is 0. The van der Waals surface area contributed by atoms with Crippen molar-refractivity contribution in [1.29, 1.82) is 0 Å². The highest BCUT2D eigenvalue weighted by Gasteiger charge is 2.21. The predicted molar refractivity (Wildman–Crippen MR) is 135 cm³/mol. The minimum absolute atomic E-state index is 0.815. The zero-order valence-electron chi connectivity index (χ0n) is 21.4. The Morgan fingerprint density at radius 1 is 0.567 bits per heavy atom. The molecule has 0 heterocycles. The average molecular weight is 464 g/mol. The number of likely N-dealkylation sites (N-methyl/N-ethyl adjacent to an activating group) is 1.